The summed E-state index contributed by atoms with van der Waals surface area (Å²) in [6.07, 6.45) is 0. The van der Waals surface area contributed by atoms with Crippen molar-refractivity contribution in [2.24, 2.45) is 14.1 Å². The third kappa shape index (κ3) is 2.37. The predicted octanol–water partition coefficient (Wildman–Crippen LogP) is 0.425. The first-order valence-electron chi connectivity index (χ1n) is 6.46. The monoisotopic (exact) mass is 289 g/mol. The minimum Gasteiger partial charge on any atom is -0.454 e. The number of anilines is 1. The number of nitrogens with one attached hydrogen (secondary N) is 1. The lowest BCUT2D eigenvalue weighted by Crippen LogP contribution is -2.38. The molecule has 0 saturated heterocycles. The van der Waals surface area contributed by atoms with Crippen molar-refractivity contribution in [1.29, 1.82) is 0 Å². The van der Waals surface area contributed by atoms with Crippen LogP contribution in [0.1, 0.15) is 5.69 Å². The Kier molecular flexibility index (Phi) is 3.17. The van der Waals surface area contributed by atoms with Crippen LogP contribution in [0.2, 0.25) is 0 Å². The zero-order valence-electron chi connectivity index (χ0n) is 11.8. The highest BCUT2D eigenvalue weighted by molar-refractivity contribution is 5.55. The second-order valence-corrected chi connectivity index (χ2v) is 4.80. The maximum absolute atomic E-state index is 11.8. The topological polar surface area (TPSA) is 74.5 Å². The van der Waals surface area contributed by atoms with Crippen LogP contribution in [0, 0.1) is 0 Å². The summed E-state index contributed by atoms with van der Waals surface area (Å²) in [5.74, 6) is 1.39. The third-order valence-electron chi connectivity index (χ3n) is 3.47. The highest BCUT2D eigenvalue weighted by Crippen LogP contribution is 2.34. The summed E-state index contributed by atoms with van der Waals surface area (Å²) in [6.45, 7) is 0.587. The van der Waals surface area contributed by atoms with E-state index in [-0.39, 0.29) is 18.0 Å². The Morgan fingerprint density at radius 3 is 2.67 bits per heavy atom. The Labute approximate surface area is 120 Å². The molecule has 1 N–H and O–H groups in total. The second kappa shape index (κ2) is 5.01. The molecule has 0 aliphatic carbocycles. The van der Waals surface area contributed by atoms with Gasteiger partial charge in [0.15, 0.2) is 11.5 Å². The lowest BCUT2D eigenvalue weighted by atomic mass is 10.2. The molecule has 0 fully saturated rings. The largest absolute Gasteiger partial charge is 0.454 e. The minimum atomic E-state index is -0.343. The molecule has 0 radical (unpaired) electrons. The van der Waals surface area contributed by atoms with Crippen LogP contribution in [-0.2, 0) is 20.6 Å². The van der Waals surface area contributed by atoms with Gasteiger partial charge in [0.25, 0.3) is 5.56 Å². The Morgan fingerprint density at radius 2 is 1.86 bits per heavy atom. The maximum Gasteiger partial charge on any atom is 0.330 e. The Morgan fingerprint density at radius 1 is 1.10 bits per heavy atom. The van der Waals surface area contributed by atoms with Crippen molar-refractivity contribution in [3.8, 4) is 11.5 Å². The normalized spacial score (nSPS) is 12.5. The molecule has 0 unspecified atom stereocenters. The second-order valence-electron chi connectivity index (χ2n) is 4.80. The van der Waals surface area contributed by atoms with Gasteiger partial charge in [0, 0.05) is 37.6 Å². The molecule has 1 aromatic carbocycles. The molecular formula is C14H15N3O4. The predicted molar refractivity (Wildman–Crippen MR) is 76.8 cm³/mol. The van der Waals surface area contributed by atoms with E-state index in [1.807, 2.05) is 18.2 Å². The smallest absolute Gasteiger partial charge is 0.330 e. The molecule has 0 spiro atoms. The number of hydrogen-bond acceptors (Lipinski definition) is 5. The van der Waals surface area contributed by atoms with Crippen LogP contribution in [0.4, 0.5) is 5.69 Å². The van der Waals surface area contributed by atoms with Gasteiger partial charge in [-0.05, 0) is 12.1 Å². The van der Waals surface area contributed by atoms with E-state index < -0.39 is 0 Å². The number of nitrogens with zero attached hydrogens (tertiary/aromatic N) is 2. The summed E-state index contributed by atoms with van der Waals surface area (Å²) in [5, 5.41) is 3.16. The van der Waals surface area contributed by atoms with E-state index in [2.05, 4.69) is 5.32 Å². The van der Waals surface area contributed by atoms with E-state index in [0.29, 0.717) is 23.7 Å². The molecule has 7 heteroatoms. The molecular weight excluding hydrogens is 274 g/mol. The van der Waals surface area contributed by atoms with Gasteiger partial charge in [-0.3, -0.25) is 13.9 Å². The molecule has 1 aliphatic heterocycles. The van der Waals surface area contributed by atoms with Crippen LogP contribution in [0.3, 0.4) is 0 Å². The molecule has 0 atom stereocenters. The summed E-state index contributed by atoms with van der Waals surface area (Å²) < 4.78 is 13.1. The van der Waals surface area contributed by atoms with Gasteiger partial charge in [0.2, 0.25) is 6.79 Å². The molecule has 1 aromatic heterocycles. The Bertz CT molecular complexity index is 807. The number of rotatable bonds is 3. The standard InChI is InChI=1S/C14H15N3O4/c1-16-10(6-13(18)17(2)14(16)19)7-15-9-3-4-11-12(5-9)21-8-20-11/h3-6,15H,7-8H2,1-2H3. The van der Waals surface area contributed by atoms with E-state index in [4.69, 9.17) is 9.47 Å². The van der Waals surface area contributed by atoms with Gasteiger partial charge < -0.3 is 14.8 Å². The van der Waals surface area contributed by atoms with E-state index in [1.165, 1.54) is 17.7 Å². The van der Waals surface area contributed by atoms with Gasteiger partial charge in [-0.25, -0.2) is 4.79 Å². The molecule has 2 aromatic rings. The van der Waals surface area contributed by atoms with Crippen molar-refractivity contribution in [1.82, 2.24) is 9.13 Å². The molecule has 1 aliphatic rings. The summed E-state index contributed by atoms with van der Waals surface area (Å²) in [5.41, 5.74) is 0.777. The number of fused-ring (bicyclic) bond motifs is 1. The van der Waals surface area contributed by atoms with Gasteiger partial charge in [-0.1, -0.05) is 0 Å². The average Bonchev–Trinajstić information content (AvgIpc) is 2.95. The first kappa shape index (κ1) is 13.3. The SMILES string of the molecule is Cn1c(CNc2ccc3c(c2)OCO3)cc(=O)n(C)c1=O. The maximum atomic E-state index is 11.8. The van der Waals surface area contributed by atoms with E-state index in [9.17, 15) is 9.59 Å². The molecule has 7 nitrogen and oxygen atoms in total. The van der Waals surface area contributed by atoms with Crippen molar-refractivity contribution in [3.63, 3.8) is 0 Å². The van der Waals surface area contributed by atoms with Crippen LogP contribution in [0.5, 0.6) is 11.5 Å². The number of ether oxygens (including phenoxy) is 2. The van der Waals surface area contributed by atoms with Crippen LogP contribution in [0.25, 0.3) is 0 Å². The Hall–Kier alpha value is -2.70. The average molecular weight is 289 g/mol. The lowest BCUT2D eigenvalue weighted by Gasteiger charge is -2.11. The zero-order valence-corrected chi connectivity index (χ0v) is 11.8. The highest BCUT2D eigenvalue weighted by atomic mass is 16.7. The first-order valence-corrected chi connectivity index (χ1v) is 6.46. The van der Waals surface area contributed by atoms with Crippen molar-refractivity contribution < 1.29 is 9.47 Å². The molecule has 0 amide bonds. The molecule has 0 saturated carbocycles. The van der Waals surface area contributed by atoms with Crippen LogP contribution in [0.15, 0.2) is 33.9 Å². The lowest BCUT2D eigenvalue weighted by molar-refractivity contribution is 0.174. The van der Waals surface area contributed by atoms with E-state index in [0.717, 1.165) is 10.3 Å². The number of aromatic nitrogens is 2. The van der Waals surface area contributed by atoms with Gasteiger partial charge in [0.05, 0.1) is 6.54 Å². The summed E-state index contributed by atoms with van der Waals surface area (Å²) in [7, 11) is 3.10. The van der Waals surface area contributed by atoms with Gasteiger partial charge in [-0.15, -0.1) is 0 Å². The fourth-order valence-electron chi connectivity index (χ4n) is 2.15. The van der Waals surface area contributed by atoms with Gasteiger partial charge in [-0.2, -0.15) is 0 Å². The van der Waals surface area contributed by atoms with Crippen LogP contribution in [-0.4, -0.2) is 15.9 Å². The summed E-state index contributed by atoms with van der Waals surface area (Å²) >= 11 is 0. The molecule has 21 heavy (non-hydrogen) atoms. The highest BCUT2D eigenvalue weighted by Gasteiger charge is 2.13. The van der Waals surface area contributed by atoms with Gasteiger partial charge >= 0.3 is 5.69 Å². The molecule has 2 heterocycles. The van der Waals surface area contributed by atoms with E-state index in [1.54, 1.807) is 7.05 Å². The quantitative estimate of drug-likeness (QED) is 0.886. The van der Waals surface area contributed by atoms with Gasteiger partial charge in [0.1, 0.15) is 0 Å². The number of hydrogen-bond donors (Lipinski definition) is 1. The molecule has 3 rings (SSSR count). The fourth-order valence-corrected chi connectivity index (χ4v) is 2.15. The van der Waals surface area contributed by atoms with Crippen LogP contribution >= 0.6 is 0 Å². The Balaban J connectivity index is 1.82. The van der Waals surface area contributed by atoms with Crippen molar-refractivity contribution in [3.05, 3.63) is 50.8 Å². The fraction of sp³-hybridized carbons (Fsp3) is 0.286. The zero-order chi connectivity index (χ0) is 15.0. The first-order chi connectivity index (χ1) is 10.1. The van der Waals surface area contributed by atoms with Crippen molar-refractivity contribution in [2.75, 3.05) is 12.1 Å². The van der Waals surface area contributed by atoms with E-state index >= 15 is 0 Å². The summed E-state index contributed by atoms with van der Waals surface area (Å²) in [6, 6.07) is 6.93. The number of benzene rings is 1. The van der Waals surface area contributed by atoms with Crippen LogP contribution < -0.4 is 26.0 Å². The summed E-state index contributed by atoms with van der Waals surface area (Å²) in [4.78, 5) is 23.5. The van der Waals surface area contributed by atoms with Crippen molar-refractivity contribution in [2.45, 2.75) is 6.54 Å². The van der Waals surface area contributed by atoms with Crippen molar-refractivity contribution >= 4 is 5.69 Å². The molecule has 110 valence electrons. The minimum absolute atomic E-state index is 0.224. The third-order valence-corrected chi connectivity index (χ3v) is 3.47. The molecule has 0 bridgehead atoms.